The SMILES string of the molecule is COc1cc(OC)c(OC)cc1CNC(=O)COC(=O)c1cc2ccccc2cc1NC(C)=O. The van der Waals surface area contributed by atoms with Crippen molar-refractivity contribution >= 4 is 34.2 Å². The van der Waals surface area contributed by atoms with Crippen LogP contribution in [0.4, 0.5) is 5.69 Å². The smallest absolute Gasteiger partial charge is 0.340 e. The van der Waals surface area contributed by atoms with Crippen molar-refractivity contribution in [1.29, 1.82) is 0 Å². The first kappa shape index (κ1) is 24.4. The highest BCUT2D eigenvalue weighted by atomic mass is 16.5. The van der Waals surface area contributed by atoms with Gasteiger partial charge in [0.2, 0.25) is 5.91 Å². The Kier molecular flexibility index (Phi) is 7.92. The topological polar surface area (TPSA) is 112 Å². The van der Waals surface area contributed by atoms with Crippen LogP contribution >= 0.6 is 0 Å². The first-order valence-electron chi connectivity index (χ1n) is 10.4. The van der Waals surface area contributed by atoms with E-state index < -0.39 is 18.5 Å². The van der Waals surface area contributed by atoms with Gasteiger partial charge in [0.25, 0.3) is 5.91 Å². The summed E-state index contributed by atoms with van der Waals surface area (Å²) < 4.78 is 21.1. The minimum absolute atomic E-state index is 0.118. The van der Waals surface area contributed by atoms with Crippen LogP contribution in [0.1, 0.15) is 22.8 Å². The zero-order valence-corrected chi connectivity index (χ0v) is 19.4. The predicted molar refractivity (Wildman–Crippen MR) is 126 cm³/mol. The number of carbonyl (C=O) groups excluding carboxylic acids is 3. The molecule has 9 heteroatoms. The number of amides is 2. The summed E-state index contributed by atoms with van der Waals surface area (Å²) in [6.45, 7) is 0.966. The average molecular weight is 466 g/mol. The van der Waals surface area contributed by atoms with Crippen LogP contribution in [0, 0.1) is 0 Å². The van der Waals surface area contributed by atoms with Gasteiger partial charge in [0.15, 0.2) is 18.1 Å². The maximum absolute atomic E-state index is 12.7. The van der Waals surface area contributed by atoms with Crippen LogP contribution in [0.15, 0.2) is 48.5 Å². The lowest BCUT2D eigenvalue weighted by Crippen LogP contribution is -2.28. The van der Waals surface area contributed by atoms with Crippen LogP contribution in [-0.2, 0) is 20.9 Å². The van der Waals surface area contributed by atoms with Crippen LogP contribution in [0.5, 0.6) is 17.2 Å². The molecule has 0 heterocycles. The Morgan fingerprint density at radius 1 is 0.824 bits per heavy atom. The Bertz CT molecular complexity index is 1220. The molecule has 0 saturated heterocycles. The van der Waals surface area contributed by atoms with Crippen molar-refractivity contribution in [2.45, 2.75) is 13.5 Å². The zero-order chi connectivity index (χ0) is 24.7. The van der Waals surface area contributed by atoms with Gasteiger partial charge in [0, 0.05) is 25.1 Å². The molecule has 0 bridgehead atoms. The van der Waals surface area contributed by atoms with Gasteiger partial charge in [0.05, 0.1) is 32.6 Å². The van der Waals surface area contributed by atoms with Gasteiger partial charge in [-0.3, -0.25) is 9.59 Å². The van der Waals surface area contributed by atoms with Gasteiger partial charge < -0.3 is 29.6 Å². The number of anilines is 1. The molecule has 0 spiro atoms. The minimum Gasteiger partial charge on any atom is -0.496 e. The van der Waals surface area contributed by atoms with E-state index in [-0.39, 0.29) is 18.0 Å². The minimum atomic E-state index is -0.728. The van der Waals surface area contributed by atoms with E-state index in [1.165, 1.54) is 28.3 Å². The van der Waals surface area contributed by atoms with Gasteiger partial charge in [-0.05, 0) is 29.0 Å². The number of esters is 1. The number of nitrogens with one attached hydrogen (secondary N) is 2. The maximum Gasteiger partial charge on any atom is 0.340 e. The molecule has 0 aliphatic rings. The molecule has 0 aliphatic carbocycles. The van der Waals surface area contributed by atoms with E-state index in [0.29, 0.717) is 28.5 Å². The first-order valence-corrected chi connectivity index (χ1v) is 10.4. The molecule has 0 aromatic heterocycles. The van der Waals surface area contributed by atoms with Crippen molar-refractivity contribution in [3.05, 3.63) is 59.7 Å². The second-order valence-corrected chi connectivity index (χ2v) is 7.30. The summed E-state index contributed by atoms with van der Waals surface area (Å²) in [5.74, 6) is -0.0769. The van der Waals surface area contributed by atoms with Crippen molar-refractivity contribution < 1.29 is 33.3 Å². The molecule has 0 unspecified atom stereocenters. The number of ether oxygens (including phenoxy) is 4. The van der Waals surface area contributed by atoms with Gasteiger partial charge in [0.1, 0.15) is 5.75 Å². The fourth-order valence-electron chi connectivity index (χ4n) is 3.39. The molecule has 3 rings (SSSR count). The summed E-state index contributed by atoms with van der Waals surface area (Å²) in [7, 11) is 4.53. The van der Waals surface area contributed by atoms with Crippen LogP contribution in [0.25, 0.3) is 10.8 Å². The van der Waals surface area contributed by atoms with Crippen molar-refractivity contribution in [2.75, 3.05) is 33.3 Å². The van der Waals surface area contributed by atoms with Crippen molar-refractivity contribution in [3.63, 3.8) is 0 Å². The molecular weight excluding hydrogens is 440 g/mol. The Morgan fingerprint density at radius 3 is 2.06 bits per heavy atom. The number of hydrogen-bond donors (Lipinski definition) is 2. The molecule has 2 N–H and O–H groups in total. The molecule has 3 aromatic carbocycles. The second kappa shape index (κ2) is 11.0. The number of methoxy groups -OCH3 is 3. The summed E-state index contributed by atoms with van der Waals surface area (Å²) in [5.41, 5.74) is 1.12. The lowest BCUT2D eigenvalue weighted by Gasteiger charge is -2.15. The molecule has 0 fully saturated rings. The molecule has 0 atom stereocenters. The maximum atomic E-state index is 12.7. The highest BCUT2D eigenvalue weighted by Gasteiger charge is 2.18. The first-order chi connectivity index (χ1) is 16.4. The Hall–Kier alpha value is -4.27. The van der Waals surface area contributed by atoms with E-state index in [4.69, 9.17) is 18.9 Å². The molecule has 0 saturated carbocycles. The summed E-state index contributed by atoms with van der Waals surface area (Å²) in [5, 5.41) is 6.97. The molecule has 3 aromatic rings. The Labute approximate surface area is 196 Å². The number of carbonyl (C=O) groups is 3. The lowest BCUT2D eigenvalue weighted by atomic mass is 10.0. The molecule has 0 aliphatic heterocycles. The summed E-state index contributed by atoms with van der Waals surface area (Å²) >= 11 is 0. The largest absolute Gasteiger partial charge is 0.496 e. The highest BCUT2D eigenvalue weighted by molar-refractivity contribution is 6.05. The fourth-order valence-corrected chi connectivity index (χ4v) is 3.39. The third-order valence-corrected chi connectivity index (χ3v) is 5.01. The standard InChI is InChI=1S/C25H26N2O7/c1-15(28)27-20-10-17-8-6-5-7-16(17)9-19(20)25(30)34-14-24(29)26-13-18-11-22(32-3)23(33-4)12-21(18)31-2/h5-12H,13-14H2,1-4H3,(H,26,29)(H,27,28). The van der Waals surface area contributed by atoms with E-state index in [1.54, 1.807) is 24.3 Å². The number of fused-ring (bicyclic) bond motifs is 1. The van der Waals surface area contributed by atoms with Crippen LogP contribution in [-0.4, -0.2) is 45.7 Å². The van der Waals surface area contributed by atoms with Crippen LogP contribution < -0.4 is 24.8 Å². The summed E-state index contributed by atoms with van der Waals surface area (Å²) in [6.07, 6.45) is 0. The van der Waals surface area contributed by atoms with Crippen molar-refractivity contribution in [3.8, 4) is 17.2 Å². The van der Waals surface area contributed by atoms with Crippen LogP contribution in [0.3, 0.4) is 0 Å². The van der Waals surface area contributed by atoms with E-state index in [0.717, 1.165) is 10.8 Å². The zero-order valence-electron chi connectivity index (χ0n) is 19.4. The average Bonchev–Trinajstić information content (AvgIpc) is 2.84. The third-order valence-electron chi connectivity index (χ3n) is 5.01. The second-order valence-electron chi connectivity index (χ2n) is 7.30. The van der Waals surface area contributed by atoms with Gasteiger partial charge in [-0.1, -0.05) is 24.3 Å². The van der Waals surface area contributed by atoms with Crippen molar-refractivity contribution in [2.24, 2.45) is 0 Å². The summed E-state index contributed by atoms with van der Waals surface area (Å²) in [4.78, 5) is 36.7. The molecule has 9 nitrogen and oxygen atoms in total. The molecule has 34 heavy (non-hydrogen) atoms. The van der Waals surface area contributed by atoms with E-state index in [2.05, 4.69) is 10.6 Å². The van der Waals surface area contributed by atoms with Gasteiger partial charge in [-0.15, -0.1) is 0 Å². The molecular formula is C25H26N2O7. The third kappa shape index (κ3) is 5.74. The molecule has 2 amide bonds. The number of benzene rings is 3. The lowest BCUT2D eigenvalue weighted by molar-refractivity contribution is -0.124. The van der Waals surface area contributed by atoms with Gasteiger partial charge in [-0.2, -0.15) is 0 Å². The summed E-state index contributed by atoms with van der Waals surface area (Å²) in [6, 6.07) is 14.1. The van der Waals surface area contributed by atoms with E-state index in [9.17, 15) is 14.4 Å². The van der Waals surface area contributed by atoms with Crippen LogP contribution in [0.2, 0.25) is 0 Å². The van der Waals surface area contributed by atoms with Gasteiger partial charge >= 0.3 is 5.97 Å². The van der Waals surface area contributed by atoms with E-state index >= 15 is 0 Å². The Morgan fingerprint density at radius 2 is 1.44 bits per heavy atom. The molecule has 0 radical (unpaired) electrons. The Balaban J connectivity index is 1.68. The monoisotopic (exact) mass is 466 g/mol. The highest BCUT2D eigenvalue weighted by Crippen LogP contribution is 2.34. The predicted octanol–water partition coefficient (Wildman–Crippen LogP) is 3.30. The van der Waals surface area contributed by atoms with E-state index in [1.807, 2.05) is 24.3 Å². The number of hydrogen-bond acceptors (Lipinski definition) is 7. The number of rotatable bonds is 9. The van der Waals surface area contributed by atoms with Crippen molar-refractivity contribution in [1.82, 2.24) is 5.32 Å². The van der Waals surface area contributed by atoms with Gasteiger partial charge in [-0.25, -0.2) is 4.79 Å². The normalized spacial score (nSPS) is 10.4. The quantitative estimate of drug-likeness (QED) is 0.465. The fraction of sp³-hybridized carbons (Fsp3) is 0.240. The molecule has 178 valence electrons.